The lowest BCUT2D eigenvalue weighted by molar-refractivity contribution is 0.0934. The molecular formula is C13H18BrNO. The molecule has 1 aromatic rings. The summed E-state index contributed by atoms with van der Waals surface area (Å²) in [7, 11) is 0. The van der Waals surface area contributed by atoms with E-state index in [-0.39, 0.29) is 11.2 Å². The van der Waals surface area contributed by atoms with Gasteiger partial charge in [0.15, 0.2) is 5.78 Å². The lowest BCUT2D eigenvalue weighted by atomic mass is 9.85. The Balaban J connectivity index is 2.93. The van der Waals surface area contributed by atoms with E-state index in [2.05, 4.69) is 15.9 Å². The summed E-state index contributed by atoms with van der Waals surface area (Å²) in [6, 6.07) is 5.78. The Kier molecular flexibility index (Phi) is 4.28. The van der Waals surface area contributed by atoms with E-state index in [4.69, 9.17) is 5.73 Å². The smallest absolute Gasteiger partial charge is 0.163 e. The number of Topliss-reactive ketones (excluding diaryl/α,β-unsaturated/α-hetero) is 1. The van der Waals surface area contributed by atoms with E-state index in [9.17, 15) is 4.79 Å². The van der Waals surface area contributed by atoms with Crippen LogP contribution >= 0.6 is 15.9 Å². The minimum absolute atomic E-state index is 0.133. The van der Waals surface area contributed by atoms with Crippen LogP contribution < -0.4 is 5.73 Å². The van der Waals surface area contributed by atoms with E-state index in [0.717, 1.165) is 15.6 Å². The van der Waals surface area contributed by atoms with Gasteiger partial charge >= 0.3 is 0 Å². The second-order valence-corrected chi connectivity index (χ2v) is 5.84. The van der Waals surface area contributed by atoms with Gasteiger partial charge in [-0.25, -0.2) is 0 Å². The van der Waals surface area contributed by atoms with Crippen LogP contribution in [0.3, 0.4) is 0 Å². The summed E-state index contributed by atoms with van der Waals surface area (Å²) in [5.74, 6) is 0.161. The molecule has 2 nitrogen and oxygen atoms in total. The molecule has 88 valence electrons. The fourth-order valence-corrected chi connectivity index (χ4v) is 1.86. The average molecular weight is 284 g/mol. The number of rotatable bonds is 4. The molecule has 0 amide bonds. The fourth-order valence-electron chi connectivity index (χ4n) is 1.50. The van der Waals surface area contributed by atoms with Gasteiger partial charge in [-0.1, -0.05) is 35.8 Å². The van der Waals surface area contributed by atoms with Crippen molar-refractivity contribution in [1.82, 2.24) is 0 Å². The molecule has 16 heavy (non-hydrogen) atoms. The lowest BCUT2D eigenvalue weighted by Gasteiger charge is -2.21. The van der Waals surface area contributed by atoms with Gasteiger partial charge in [0, 0.05) is 16.5 Å². The highest BCUT2D eigenvalue weighted by molar-refractivity contribution is 9.10. The van der Waals surface area contributed by atoms with Crippen LogP contribution in [0.15, 0.2) is 22.7 Å². The van der Waals surface area contributed by atoms with Crippen molar-refractivity contribution in [2.45, 2.75) is 27.2 Å². The minimum Gasteiger partial charge on any atom is -0.330 e. The Morgan fingerprint density at radius 1 is 1.44 bits per heavy atom. The Bertz CT molecular complexity index is 399. The zero-order valence-corrected chi connectivity index (χ0v) is 11.6. The molecule has 0 spiro atoms. The molecule has 3 heteroatoms. The second-order valence-electron chi connectivity index (χ2n) is 4.93. The number of aryl methyl sites for hydroxylation is 1. The highest BCUT2D eigenvalue weighted by atomic mass is 79.9. The largest absolute Gasteiger partial charge is 0.330 e. The van der Waals surface area contributed by atoms with Crippen LogP contribution in [0.5, 0.6) is 0 Å². The number of hydrogen-bond acceptors (Lipinski definition) is 2. The highest BCUT2D eigenvalue weighted by Crippen LogP contribution is 2.24. The van der Waals surface area contributed by atoms with Crippen LogP contribution in [-0.4, -0.2) is 12.3 Å². The Hall–Kier alpha value is -0.670. The number of hydrogen-bond donors (Lipinski definition) is 1. The van der Waals surface area contributed by atoms with Gasteiger partial charge in [-0.2, -0.15) is 0 Å². The van der Waals surface area contributed by atoms with Crippen molar-refractivity contribution in [3.8, 4) is 0 Å². The maximum atomic E-state index is 12.1. The topological polar surface area (TPSA) is 43.1 Å². The Morgan fingerprint density at radius 2 is 2.06 bits per heavy atom. The van der Waals surface area contributed by atoms with E-state index < -0.39 is 0 Å². The van der Waals surface area contributed by atoms with Crippen LogP contribution in [0, 0.1) is 12.3 Å². The van der Waals surface area contributed by atoms with Gasteiger partial charge in [0.25, 0.3) is 0 Å². The molecule has 0 saturated carbocycles. The van der Waals surface area contributed by atoms with Crippen molar-refractivity contribution < 1.29 is 4.79 Å². The number of ketones is 1. The SMILES string of the molecule is Cc1ccc(Br)cc1C(=O)CC(C)(C)CN. The molecule has 0 saturated heterocycles. The third kappa shape index (κ3) is 3.42. The Labute approximate surface area is 105 Å². The zero-order chi connectivity index (χ0) is 12.3. The molecule has 1 aromatic carbocycles. The molecule has 0 fully saturated rings. The van der Waals surface area contributed by atoms with Crippen LogP contribution in [0.25, 0.3) is 0 Å². The molecule has 0 aliphatic heterocycles. The first-order valence-corrected chi connectivity index (χ1v) is 6.14. The third-order valence-electron chi connectivity index (χ3n) is 2.69. The van der Waals surface area contributed by atoms with E-state index in [1.54, 1.807) is 0 Å². The number of benzene rings is 1. The second kappa shape index (κ2) is 5.11. The van der Waals surface area contributed by atoms with Crippen molar-refractivity contribution in [2.24, 2.45) is 11.1 Å². The van der Waals surface area contributed by atoms with E-state index in [1.165, 1.54) is 0 Å². The molecule has 0 aliphatic rings. The van der Waals surface area contributed by atoms with Crippen molar-refractivity contribution in [3.05, 3.63) is 33.8 Å². The highest BCUT2D eigenvalue weighted by Gasteiger charge is 2.22. The van der Waals surface area contributed by atoms with E-state index in [1.807, 2.05) is 39.0 Å². The molecule has 1 rings (SSSR count). The van der Waals surface area contributed by atoms with Crippen LogP contribution in [0.2, 0.25) is 0 Å². The summed E-state index contributed by atoms with van der Waals surface area (Å²) in [5, 5.41) is 0. The molecule has 0 unspecified atom stereocenters. The summed E-state index contributed by atoms with van der Waals surface area (Å²) < 4.78 is 0.937. The quantitative estimate of drug-likeness (QED) is 0.862. The van der Waals surface area contributed by atoms with Crippen molar-refractivity contribution in [3.63, 3.8) is 0 Å². The predicted octanol–water partition coefficient (Wildman–Crippen LogP) is 3.32. The van der Waals surface area contributed by atoms with Crippen LogP contribution in [-0.2, 0) is 0 Å². The number of nitrogens with two attached hydrogens (primary N) is 1. The van der Waals surface area contributed by atoms with Crippen molar-refractivity contribution in [2.75, 3.05) is 6.54 Å². The lowest BCUT2D eigenvalue weighted by Crippen LogP contribution is -2.26. The molecule has 0 atom stereocenters. The maximum Gasteiger partial charge on any atom is 0.163 e. The summed E-state index contributed by atoms with van der Waals surface area (Å²) in [4.78, 5) is 12.1. The summed E-state index contributed by atoms with van der Waals surface area (Å²) in [5.41, 5.74) is 7.31. The number of halogens is 1. The molecule has 0 heterocycles. The summed E-state index contributed by atoms with van der Waals surface area (Å²) in [6.07, 6.45) is 0.487. The molecule has 0 aliphatic carbocycles. The van der Waals surface area contributed by atoms with Gasteiger partial charge in [0.05, 0.1) is 0 Å². The normalized spacial score (nSPS) is 11.6. The van der Waals surface area contributed by atoms with E-state index in [0.29, 0.717) is 13.0 Å². The van der Waals surface area contributed by atoms with Gasteiger partial charge in [0.1, 0.15) is 0 Å². The minimum atomic E-state index is -0.133. The molecule has 2 N–H and O–H groups in total. The molecular weight excluding hydrogens is 266 g/mol. The first-order valence-electron chi connectivity index (χ1n) is 5.35. The fraction of sp³-hybridized carbons (Fsp3) is 0.462. The van der Waals surface area contributed by atoms with Gasteiger partial charge < -0.3 is 5.73 Å². The van der Waals surface area contributed by atoms with Crippen molar-refractivity contribution in [1.29, 1.82) is 0 Å². The molecule has 0 radical (unpaired) electrons. The van der Waals surface area contributed by atoms with Gasteiger partial charge in [-0.05, 0) is 36.6 Å². The standard InChI is InChI=1S/C13H18BrNO/c1-9-4-5-10(14)6-11(9)12(16)7-13(2,3)8-15/h4-6H,7-8,15H2,1-3H3. The predicted molar refractivity (Wildman–Crippen MR) is 70.7 cm³/mol. The van der Waals surface area contributed by atoms with Gasteiger partial charge in [0.2, 0.25) is 0 Å². The summed E-state index contributed by atoms with van der Waals surface area (Å²) >= 11 is 3.38. The summed E-state index contributed by atoms with van der Waals surface area (Å²) in [6.45, 7) is 6.50. The molecule has 0 bridgehead atoms. The van der Waals surface area contributed by atoms with E-state index >= 15 is 0 Å². The van der Waals surface area contributed by atoms with Gasteiger partial charge in [-0.15, -0.1) is 0 Å². The monoisotopic (exact) mass is 283 g/mol. The third-order valence-corrected chi connectivity index (χ3v) is 3.18. The van der Waals surface area contributed by atoms with Crippen molar-refractivity contribution >= 4 is 21.7 Å². The average Bonchev–Trinajstić information content (AvgIpc) is 2.21. The number of carbonyl (C=O) groups excluding carboxylic acids is 1. The van der Waals surface area contributed by atoms with Crippen LogP contribution in [0.1, 0.15) is 36.2 Å². The van der Waals surface area contributed by atoms with Gasteiger partial charge in [-0.3, -0.25) is 4.79 Å². The molecule has 0 aromatic heterocycles. The zero-order valence-electron chi connectivity index (χ0n) is 10.0. The first kappa shape index (κ1) is 13.4. The van der Waals surface area contributed by atoms with Crippen LogP contribution in [0.4, 0.5) is 0 Å². The number of carbonyl (C=O) groups is 1. The maximum absolute atomic E-state index is 12.1. The Morgan fingerprint density at radius 3 is 2.62 bits per heavy atom. The first-order chi connectivity index (χ1) is 7.35.